The third-order valence-corrected chi connectivity index (χ3v) is 17.9. The molecule has 0 aliphatic heterocycles. The van der Waals surface area contributed by atoms with Gasteiger partial charge in [-0.25, -0.2) is 0 Å². The summed E-state index contributed by atoms with van der Waals surface area (Å²) in [4.78, 5) is 0. The minimum Gasteiger partial charge on any atom is -0.0619 e. The van der Waals surface area contributed by atoms with Crippen molar-refractivity contribution in [1.29, 1.82) is 0 Å². The molecule has 0 spiro atoms. The van der Waals surface area contributed by atoms with E-state index >= 15 is 0 Å². The highest BCUT2D eigenvalue weighted by Gasteiger charge is 2.35. The van der Waals surface area contributed by atoms with Gasteiger partial charge in [-0.05, 0) is 60.8 Å². The molecule has 2 rings (SSSR count). The molecule has 0 aromatic heterocycles. The number of hydrogen-bond donors (Lipinski definition) is 0. The van der Waals surface area contributed by atoms with Crippen LogP contribution in [0, 0.1) is 0 Å². The molecule has 2 aromatic carbocycles. The van der Waals surface area contributed by atoms with Crippen LogP contribution in [0.1, 0.15) is 91.2 Å². The van der Waals surface area contributed by atoms with E-state index < -0.39 is 14.5 Å². The molecule has 0 aliphatic rings. The van der Waals surface area contributed by atoms with Crippen LogP contribution in [-0.4, -0.2) is 37.0 Å². The maximum atomic E-state index is 2.43. The highest BCUT2D eigenvalue weighted by molar-refractivity contribution is 7.75. The van der Waals surface area contributed by atoms with E-state index in [0.717, 1.165) is 0 Å². The van der Waals surface area contributed by atoms with Gasteiger partial charge >= 0.3 is 0 Å². The average Bonchev–Trinajstić information content (AvgIpc) is 2.81. The molecule has 0 unspecified atom stereocenters. The quantitative estimate of drug-likeness (QED) is 0.189. The van der Waals surface area contributed by atoms with Gasteiger partial charge in [0, 0.05) is 14.5 Å². The molecule has 0 amide bonds. The summed E-state index contributed by atoms with van der Waals surface area (Å²) >= 11 is 0. The normalized spacial score (nSPS) is 12.3. The molecular weight excluding hydrogens is 446 g/mol. The molecule has 0 heterocycles. The van der Waals surface area contributed by atoms with E-state index in [1.807, 2.05) is 0 Å². The Kier molecular flexibility index (Phi) is 13.4. The lowest BCUT2D eigenvalue weighted by Crippen LogP contribution is -2.10. The monoisotopic (exact) mass is 500 g/mol. The Bertz CT molecular complexity index is 687. The molecule has 2 heteroatoms. The fourth-order valence-electron chi connectivity index (χ4n) is 6.37. The van der Waals surface area contributed by atoms with Crippen LogP contribution in [-0.2, 0) is 12.3 Å². The van der Waals surface area contributed by atoms with Crippen LogP contribution in [0.5, 0.6) is 0 Å². The van der Waals surface area contributed by atoms with Crippen molar-refractivity contribution in [2.45, 2.75) is 92.4 Å². The Morgan fingerprint density at radius 2 is 0.618 bits per heavy atom. The minimum absolute atomic E-state index is 0.846. The molecular formula is C32H54P2+2. The van der Waals surface area contributed by atoms with Gasteiger partial charge in [0.15, 0.2) is 0 Å². The lowest BCUT2D eigenvalue weighted by Gasteiger charge is -2.27. The maximum absolute atomic E-state index is 2.43. The van der Waals surface area contributed by atoms with Crippen LogP contribution >= 0.6 is 14.5 Å². The van der Waals surface area contributed by atoms with Crippen molar-refractivity contribution >= 4 is 14.5 Å². The van der Waals surface area contributed by atoms with Gasteiger partial charge in [0.2, 0.25) is 0 Å². The van der Waals surface area contributed by atoms with Gasteiger partial charge in [0.25, 0.3) is 0 Å². The Morgan fingerprint density at radius 1 is 0.382 bits per heavy atom. The molecule has 190 valence electrons. The van der Waals surface area contributed by atoms with E-state index in [-0.39, 0.29) is 0 Å². The van der Waals surface area contributed by atoms with Crippen molar-refractivity contribution in [1.82, 2.24) is 0 Å². The molecule has 0 saturated carbocycles. The van der Waals surface area contributed by atoms with Gasteiger partial charge < -0.3 is 0 Å². The first-order valence-corrected chi connectivity index (χ1v) is 19.4. The highest BCUT2D eigenvalue weighted by Crippen LogP contribution is 2.63. The van der Waals surface area contributed by atoms with Crippen molar-refractivity contribution in [3.05, 3.63) is 59.7 Å². The van der Waals surface area contributed by atoms with Gasteiger partial charge in [-0.15, -0.1) is 0 Å². The molecule has 0 nitrogen and oxygen atoms in total. The zero-order valence-electron chi connectivity index (χ0n) is 23.4. The van der Waals surface area contributed by atoms with Gasteiger partial charge in [0.1, 0.15) is 0 Å². The second-order valence-corrected chi connectivity index (χ2v) is 19.4. The number of benzene rings is 2. The Morgan fingerprint density at radius 3 is 0.824 bits per heavy atom. The summed E-state index contributed by atoms with van der Waals surface area (Å²) in [5.41, 5.74) is 5.88. The fourth-order valence-corrected chi connectivity index (χ4v) is 16.3. The van der Waals surface area contributed by atoms with Crippen LogP contribution in [0.4, 0.5) is 0 Å². The van der Waals surface area contributed by atoms with Crippen molar-refractivity contribution in [2.24, 2.45) is 0 Å². The first kappa shape index (κ1) is 29.5. The highest BCUT2D eigenvalue weighted by atomic mass is 31.2. The number of rotatable bonds is 17. The van der Waals surface area contributed by atoms with Crippen molar-refractivity contribution < 1.29 is 0 Å². The summed E-state index contributed by atoms with van der Waals surface area (Å²) in [6.45, 7) is 14.3. The summed E-state index contributed by atoms with van der Waals surface area (Å²) in [6.07, 6.45) is 19.6. The zero-order chi connectivity index (χ0) is 24.9. The van der Waals surface area contributed by atoms with Crippen molar-refractivity contribution in [2.75, 3.05) is 37.0 Å². The summed E-state index contributed by atoms with van der Waals surface area (Å²) in [5.74, 6) is 0. The third-order valence-electron chi connectivity index (χ3n) is 7.46. The van der Waals surface area contributed by atoms with E-state index in [1.54, 1.807) is 11.1 Å². The van der Waals surface area contributed by atoms with Crippen molar-refractivity contribution in [3.63, 3.8) is 0 Å². The summed E-state index contributed by atoms with van der Waals surface area (Å²) in [5, 5.41) is 0. The zero-order valence-corrected chi connectivity index (χ0v) is 25.2. The predicted molar refractivity (Wildman–Crippen MR) is 164 cm³/mol. The van der Waals surface area contributed by atoms with E-state index in [0.29, 0.717) is 0 Å². The van der Waals surface area contributed by atoms with Gasteiger partial charge in [0.05, 0.1) is 49.3 Å². The lowest BCUT2D eigenvalue weighted by molar-refractivity contribution is 0.983. The Hall–Kier alpha value is -0.700. The largest absolute Gasteiger partial charge is 0.0842 e. The summed E-state index contributed by atoms with van der Waals surface area (Å²) in [6, 6.07) is 19.2. The van der Waals surface area contributed by atoms with Crippen LogP contribution in [0.25, 0.3) is 11.1 Å². The average molecular weight is 501 g/mol. The molecule has 34 heavy (non-hydrogen) atoms. The minimum atomic E-state index is -0.846. The first-order chi connectivity index (χ1) is 16.5. The Labute approximate surface area is 214 Å². The van der Waals surface area contributed by atoms with Gasteiger partial charge in [-0.2, -0.15) is 0 Å². The molecule has 0 radical (unpaired) electrons. The summed E-state index contributed by atoms with van der Waals surface area (Å²) < 4.78 is 0. The smallest absolute Gasteiger partial charge is 0.0619 e. The molecule has 0 atom stereocenters. The van der Waals surface area contributed by atoms with Crippen molar-refractivity contribution in [3.8, 4) is 11.1 Å². The van der Waals surface area contributed by atoms with Gasteiger partial charge in [-0.3, -0.25) is 0 Å². The molecule has 2 aromatic rings. The molecule has 0 N–H and O–H groups in total. The fraction of sp³-hybridized carbons (Fsp3) is 0.625. The molecule has 0 aliphatic carbocycles. The van der Waals surface area contributed by atoms with Crippen LogP contribution in [0.2, 0.25) is 0 Å². The SMILES string of the molecule is CCC[P+](CCC)(CCC)Cc1ccc(-c2ccc(C[P+](CCC)(CCC)CCC)cc2)cc1. The van der Waals surface area contributed by atoms with E-state index in [1.165, 1.54) is 98.9 Å². The summed E-state index contributed by atoms with van der Waals surface area (Å²) in [7, 11) is -1.69. The topological polar surface area (TPSA) is 0 Å². The van der Waals surface area contributed by atoms with Crippen LogP contribution < -0.4 is 0 Å². The first-order valence-electron chi connectivity index (χ1n) is 14.4. The molecule has 0 fully saturated rings. The van der Waals surface area contributed by atoms with E-state index in [4.69, 9.17) is 0 Å². The maximum Gasteiger partial charge on any atom is 0.0842 e. The molecule has 0 saturated heterocycles. The molecule has 0 bridgehead atoms. The predicted octanol–water partition coefficient (Wildman–Crippen LogP) is 10.8. The number of hydrogen-bond acceptors (Lipinski definition) is 0. The van der Waals surface area contributed by atoms with E-state index in [2.05, 4.69) is 90.1 Å². The second kappa shape index (κ2) is 15.4. The standard InChI is InChI=1S/C32H54P2/c1-7-21-33(22-8-2,23-9-3)27-29-13-17-31(18-14-29)32-19-15-30(16-20-32)28-34(24-10-4,25-11-5)26-12-6/h13-20H,7-12,21-28H2,1-6H3/q+2. The van der Waals surface area contributed by atoms with Gasteiger partial charge in [-0.1, -0.05) is 90.1 Å². The second-order valence-electron chi connectivity index (χ2n) is 10.7. The van der Waals surface area contributed by atoms with E-state index in [9.17, 15) is 0 Å². The van der Waals surface area contributed by atoms with Crippen LogP contribution in [0.3, 0.4) is 0 Å². The lowest BCUT2D eigenvalue weighted by atomic mass is 10.0. The Balaban J connectivity index is 2.15. The third kappa shape index (κ3) is 8.75. The van der Waals surface area contributed by atoms with Crippen LogP contribution in [0.15, 0.2) is 48.5 Å².